The highest BCUT2D eigenvalue weighted by Crippen LogP contribution is 2.28. The number of hydrogen-bond donors (Lipinski definition) is 0. The summed E-state index contributed by atoms with van der Waals surface area (Å²) < 4.78 is 0. The Bertz CT molecular complexity index is 747. The van der Waals surface area contributed by atoms with Gasteiger partial charge < -0.3 is 0 Å². The lowest BCUT2D eigenvalue weighted by Crippen LogP contribution is -2.44. The van der Waals surface area contributed by atoms with E-state index in [1.165, 1.54) is 21.6 Å². The van der Waals surface area contributed by atoms with E-state index in [4.69, 9.17) is 0 Å². The molecule has 0 unspecified atom stereocenters. The zero-order chi connectivity index (χ0) is 15.4. The van der Waals surface area contributed by atoms with Crippen LogP contribution in [-0.4, -0.2) is 13.1 Å². The molecule has 2 aromatic heterocycles. The maximum absolute atomic E-state index is 4.65. The first-order chi connectivity index (χ1) is 10.7. The molecule has 0 N–H and O–H groups in total. The van der Waals surface area contributed by atoms with Crippen molar-refractivity contribution in [1.82, 2.24) is 4.98 Å². The van der Waals surface area contributed by atoms with Gasteiger partial charge in [-0.3, -0.25) is 4.98 Å². The first-order valence-electron chi connectivity index (χ1n) is 7.39. The molecule has 2 heterocycles. The summed E-state index contributed by atoms with van der Waals surface area (Å²) in [6, 6.07) is 19.1. The SMILES string of the molecule is C[Si](C)(/C(=C/c1ccsc1)c1ccccc1)c1ccccn1. The molecule has 0 fully saturated rings. The number of hydrogen-bond acceptors (Lipinski definition) is 2. The summed E-state index contributed by atoms with van der Waals surface area (Å²) in [6.07, 6.45) is 4.24. The lowest BCUT2D eigenvalue weighted by atomic mass is 10.2. The largest absolute Gasteiger partial charge is 0.266 e. The number of nitrogens with zero attached hydrogens (tertiary/aromatic N) is 1. The summed E-state index contributed by atoms with van der Waals surface area (Å²) in [5.41, 5.74) is 2.58. The predicted molar refractivity (Wildman–Crippen MR) is 100.0 cm³/mol. The minimum atomic E-state index is -1.85. The van der Waals surface area contributed by atoms with Crippen molar-refractivity contribution in [3.63, 3.8) is 0 Å². The molecule has 22 heavy (non-hydrogen) atoms. The van der Waals surface area contributed by atoms with Gasteiger partial charge in [0, 0.05) is 11.5 Å². The normalized spacial score (nSPS) is 12.4. The Balaban J connectivity index is 2.14. The van der Waals surface area contributed by atoms with Crippen molar-refractivity contribution in [1.29, 1.82) is 0 Å². The molecular weight excluding hydrogens is 302 g/mol. The van der Waals surface area contributed by atoms with Gasteiger partial charge in [0.15, 0.2) is 0 Å². The van der Waals surface area contributed by atoms with E-state index in [1.807, 2.05) is 12.3 Å². The van der Waals surface area contributed by atoms with Gasteiger partial charge in [-0.25, -0.2) is 0 Å². The Kier molecular flexibility index (Phi) is 4.36. The zero-order valence-electron chi connectivity index (χ0n) is 12.9. The molecule has 0 saturated carbocycles. The zero-order valence-corrected chi connectivity index (χ0v) is 14.7. The van der Waals surface area contributed by atoms with Gasteiger partial charge in [-0.15, -0.1) is 0 Å². The van der Waals surface area contributed by atoms with Gasteiger partial charge in [-0.05, 0) is 45.3 Å². The second kappa shape index (κ2) is 6.42. The monoisotopic (exact) mass is 321 g/mol. The van der Waals surface area contributed by atoms with Crippen LogP contribution in [0.25, 0.3) is 11.3 Å². The number of thiophene rings is 1. The van der Waals surface area contributed by atoms with E-state index in [1.54, 1.807) is 11.3 Å². The minimum Gasteiger partial charge on any atom is -0.266 e. The number of pyridine rings is 1. The maximum atomic E-state index is 4.65. The van der Waals surface area contributed by atoms with Crippen molar-refractivity contribution in [3.8, 4) is 0 Å². The Morgan fingerprint density at radius 3 is 2.41 bits per heavy atom. The highest BCUT2D eigenvalue weighted by Gasteiger charge is 2.30. The summed E-state index contributed by atoms with van der Waals surface area (Å²) >= 11 is 1.74. The Labute approximate surface area is 137 Å². The van der Waals surface area contributed by atoms with Crippen molar-refractivity contribution in [3.05, 3.63) is 82.7 Å². The van der Waals surface area contributed by atoms with Gasteiger partial charge in [-0.1, -0.05) is 55.6 Å². The summed E-state index contributed by atoms with van der Waals surface area (Å²) in [5, 5.41) is 6.97. The van der Waals surface area contributed by atoms with E-state index < -0.39 is 8.07 Å². The molecule has 0 aliphatic rings. The topological polar surface area (TPSA) is 12.9 Å². The summed E-state index contributed by atoms with van der Waals surface area (Å²) in [6.45, 7) is 4.75. The standard InChI is InChI=1S/C19H19NSSi/c1-22(2,19-10-6-7-12-20-19)18(14-16-11-13-21-15-16)17-8-4-3-5-9-17/h3-15H,1-2H3/b18-14+. The molecule has 3 rings (SSSR count). The minimum absolute atomic E-state index is 1.22. The summed E-state index contributed by atoms with van der Waals surface area (Å²) in [5.74, 6) is 0. The second-order valence-electron chi connectivity index (χ2n) is 5.82. The lowest BCUT2D eigenvalue weighted by molar-refractivity contribution is 1.37. The van der Waals surface area contributed by atoms with Gasteiger partial charge in [0.1, 0.15) is 8.07 Å². The average molecular weight is 322 g/mol. The first kappa shape index (κ1) is 14.9. The number of aromatic nitrogens is 1. The quantitative estimate of drug-likeness (QED) is 0.627. The van der Waals surface area contributed by atoms with Crippen molar-refractivity contribution in [2.45, 2.75) is 13.1 Å². The molecule has 0 saturated heterocycles. The molecule has 0 radical (unpaired) electrons. The molecule has 1 aromatic carbocycles. The molecule has 0 atom stereocenters. The van der Waals surface area contributed by atoms with Gasteiger partial charge in [0.2, 0.25) is 0 Å². The lowest BCUT2D eigenvalue weighted by Gasteiger charge is -2.26. The third kappa shape index (κ3) is 3.10. The van der Waals surface area contributed by atoms with Crippen molar-refractivity contribution < 1.29 is 0 Å². The highest BCUT2D eigenvalue weighted by atomic mass is 32.1. The molecule has 0 bridgehead atoms. The smallest absolute Gasteiger partial charge is 0.136 e. The predicted octanol–water partition coefficient (Wildman–Crippen LogP) is 4.84. The van der Waals surface area contributed by atoms with Crippen molar-refractivity contribution >= 4 is 36.0 Å². The summed E-state index contributed by atoms with van der Waals surface area (Å²) in [4.78, 5) is 4.65. The third-order valence-electron chi connectivity index (χ3n) is 3.92. The molecular formula is C19H19NSSi. The molecule has 110 valence electrons. The van der Waals surface area contributed by atoms with Crippen LogP contribution in [0.3, 0.4) is 0 Å². The number of rotatable bonds is 4. The molecule has 3 aromatic rings. The van der Waals surface area contributed by atoms with Gasteiger partial charge in [-0.2, -0.15) is 11.3 Å². The van der Waals surface area contributed by atoms with E-state index in [0.29, 0.717) is 0 Å². The molecule has 0 spiro atoms. The summed E-state index contributed by atoms with van der Waals surface area (Å²) in [7, 11) is -1.85. The Morgan fingerprint density at radius 1 is 1.00 bits per heavy atom. The fourth-order valence-corrected chi connectivity index (χ4v) is 5.86. The van der Waals surface area contributed by atoms with Crippen LogP contribution in [0.5, 0.6) is 0 Å². The highest BCUT2D eigenvalue weighted by molar-refractivity contribution is 7.08. The van der Waals surface area contributed by atoms with E-state index in [0.717, 1.165) is 0 Å². The molecule has 0 amide bonds. The van der Waals surface area contributed by atoms with E-state index in [9.17, 15) is 0 Å². The van der Waals surface area contributed by atoms with E-state index in [-0.39, 0.29) is 0 Å². The molecule has 1 nitrogen and oxygen atoms in total. The van der Waals surface area contributed by atoms with Crippen LogP contribution in [0.2, 0.25) is 13.1 Å². The molecule has 0 aliphatic carbocycles. The van der Waals surface area contributed by atoms with Crippen LogP contribution in [0.1, 0.15) is 11.1 Å². The van der Waals surface area contributed by atoms with Gasteiger partial charge in [0.25, 0.3) is 0 Å². The van der Waals surface area contributed by atoms with E-state index in [2.05, 4.69) is 83.4 Å². The van der Waals surface area contributed by atoms with Crippen LogP contribution in [0.4, 0.5) is 0 Å². The van der Waals surface area contributed by atoms with Crippen molar-refractivity contribution in [2.24, 2.45) is 0 Å². The average Bonchev–Trinajstić information content (AvgIpc) is 3.07. The number of benzene rings is 1. The van der Waals surface area contributed by atoms with Crippen LogP contribution < -0.4 is 5.32 Å². The van der Waals surface area contributed by atoms with Crippen molar-refractivity contribution in [2.75, 3.05) is 0 Å². The molecule has 3 heteroatoms. The first-order valence-corrected chi connectivity index (χ1v) is 11.3. The fourth-order valence-electron chi connectivity index (χ4n) is 2.64. The van der Waals surface area contributed by atoms with Gasteiger partial charge >= 0.3 is 0 Å². The Morgan fingerprint density at radius 2 is 1.77 bits per heavy atom. The van der Waals surface area contributed by atoms with Crippen LogP contribution in [0, 0.1) is 0 Å². The fraction of sp³-hybridized carbons (Fsp3) is 0.105. The maximum Gasteiger partial charge on any atom is 0.136 e. The van der Waals surface area contributed by atoms with Crippen LogP contribution in [0.15, 0.2) is 71.6 Å². The van der Waals surface area contributed by atoms with Gasteiger partial charge in [0.05, 0.1) is 0 Å². The molecule has 0 aliphatic heterocycles. The second-order valence-corrected chi connectivity index (χ2v) is 10.9. The third-order valence-corrected chi connectivity index (χ3v) is 7.98. The Hall–Kier alpha value is -1.97. The van der Waals surface area contributed by atoms with E-state index >= 15 is 0 Å². The van der Waals surface area contributed by atoms with Crippen LogP contribution >= 0.6 is 11.3 Å². The van der Waals surface area contributed by atoms with Crippen LogP contribution in [-0.2, 0) is 0 Å².